The zero-order valence-electron chi connectivity index (χ0n) is 14.4. The molecule has 0 unspecified atom stereocenters. The lowest BCUT2D eigenvalue weighted by Gasteiger charge is -2.24. The van der Waals surface area contributed by atoms with E-state index in [2.05, 4.69) is 25.6 Å². The van der Waals surface area contributed by atoms with Crippen LogP contribution >= 0.6 is 50.7 Å². The average Bonchev–Trinajstić information content (AvgIpc) is 3.11. The van der Waals surface area contributed by atoms with Crippen LogP contribution in [0.4, 0.5) is 0 Å². The first-order valence-electron chi connectivity index (χ1n) is 8.89. The van der Waals surface area contributed by atoms with Crippen molar-refractivity contribution in [1.82, 2.24) is 14.8 Å². The van der Waals surface area contributed by atoms with E-state index in [0.717, 1.165) is 39.7 Å². The van der Waals surface area contributed by atoms with E-state index in [0.29, 0.717) is 21.2 Å². The van der Waals surface area contributed by atoms with Gasteiger partial charge in [-0.15, -0.1) is 0 Å². The van der Waals surface area contributed by atoms with Crippen LogP contribution < -0.4 is 0 Å². The number of benzene rings is 1. The van der Waals surface area contributed by atoms with Gasteiger partial charge >= 0.3 is 0 Å². The number of rotatable bonds is 3. The number of aromatic nitrogens is 3. The molecule has 0 N–H and O–H groups in total. The molecule has 0 atom stereocenters. The molecule has 140 valence electrons. The summed E-state index contributed by atoms with van der Waals surface area (Å²) in [7, 11) is 0. The lowest BCUT2D eigenvalue weighted by molar-refractivity contribution is 0.332. The smallest absolute Gasteiger partial charge is 0.138 e. The van der Waals surface area contributed by atoms with Crippen LogP contribution in [-0.4, -0.2) is 14.8 Å². The van der Waals surface area contributed by atoms with Crippen LogP contribution in [0.5, 0.6) is 0 Å². The van der Waals surface area contributed by atoms with Gasteiger partial charge in [0.25, 0.3) is 0 Å². The molecule has 1 aliphatic rings. The second-order valence-electron chi connectivity index (χ2n) is 6.74. The molecule has 1 aromatic carbocycles. The molecular formula is C20H17BrCl3N3. The third kappa shape index (κ3) is 3.77. The number of hydrogen-bond donors (Lipinski definition) is 0. The minimum absolute atomic E-state index is 0.343. The Balaban J connectivity index is 1.96. The number of hydrogen-bond acceptors (Lipinski definition) is 2. The highest BCUT2D eigenvalue weighted by Crippen LogP contribution is 2.43. The molecule has 0 radical (unpaired) electrons. The summed E-state index contributed by atoms with van der Waals surface area (Å²) in [5.41, 5.74) is 3.53. The van der Waals surface area contributed by atoms with Crippen molar-refractivity contribution in [3.05, 3.63) is 56.3 Å². The number of halogens is 4. The number of nitrogens with zero attached hydrogens (tertiary/aromatic N) is 3. The van der Waals surface area contributed by atoms with Gasteiger partial charge in [0, 0.05) is 27.4 Å². The van der Waals surface area contributed by atoms with E-state index in [1.54, 1.807) is 12.3 Å². The lowest BCUT2D eigenvalue weighted by atomic mass is 9.94. The Bertz CT molecular complexity index is 981. The molecule has 0 amide bonds. The Morgan fingerprint density at radius 3 is 2.52 bits per heavy atom. The Hall–Kier alpha value is -1.07. The van der Waals surface area contributed by atoms with Gasteiger partial charge in [0.15, 0.2) is 0 Å². The minimum atomic E-state index is 0.343. The van der Waals surface area contributed by atoms with Gasteiger partial charge in [-0.1, -0.05) is 66.2 Å². The monoisotopic (exact) mass is 483 g/mol. The third-order valence-corrected chi connectivity index (χ3v) is 6.57. The maximum absolute atomic E-state index is 6.53. The molecule has 2 aromatic heterocycles. The van der Waals surface area contributed by atoms with Crippen LogP contribution in [0.3, 0.4) is 0 Å². The second-order valence-corrected chi connectivity index (χ2v) is 8.80. The van der Waals surface area contributed by atoms with Crippen molar-refractivity contribution < 1.29 is 0 Å². The predicted octanol–water partition coefficient (Wildman–Crippen LogP) is 7.84. The molecule has 1 saturated carbocycles. The summed E-state index contributed by atoms with van der Waals surface area (Å²) >= 11 is 22.8. The van der Waals surface area contributed by atoms with Crippen molar-refractivity contribution in [2.45, 2.75) is 38.1 Å². The molecular weight excluding hydrogens is 469 g/mol. The van der Waals surface area contributed by atoms with E-state index in [9.17, 15) is 0 Å². The highest BCUT2D eigenvalue weighted by Gasteiger charge is 2.25. The fourth-order valence-corrected chi connectivity index (χ4v) is 4.66. The molecule has 27 heavy (non-hydrogen) atoms. The normalized spacial score (nSPS) is 15.3. The largest absolute Gasteiger partial charge is 0.261 e. The van der Waals surface area contributed by atoms with Crippen LogP contribution in [-0.2, 0) is 0 Å². The number of pyridine rings is 1. The van der Waals surface area contributed by atoms with Gasteiger partial charge in [-0.2, -0.15) is 5.10 Å². The van der Waals surface area contributed by atoms with Gasteiger partial charge in [-0.05, 0) is 40.9 Å². The Morgan fingerprint density at radius 1 is 0.963 bits per heavy atom. The molecule has 0 aliphatic heterocycles. The highest BCUT2D eigenvalue weighted by molar-refractivity contribution is 9.10. The van der Waals surface area contributed by atoms with Gasteiger partial charge in [0.2, 0.25) is 0 Å². The standard InChI is InChI=1S/C20H17BrCl3N3/c21-12-9-15(20(24)25-10-12)19-16(14-7-4-8-17(22)18(14)23)11-26-27(19)13-5-2-1-3-6-13/h4,7-11,13H,1-3,5-6H2. The predicted molar refractivity (Wildman–Crippen MR) is 116 cm³/mol. The highest BCUT2D eigenvalue weighted by atomic mass is 79.9. The van der Waals surface area contributed by atoms with Crippen molar-refractivity contribution in [2.75, 3.05) is 0 Å². The van der Waals surface area contributed by atoms with E-state index in [-0.39, 0.29) is 0 Å². The molecule has 0 bridgehead atoms. The van der Waals surface area contributed by atoms with Crippen LogP contribution in [0.15, 0.2) is 41.1 Å². The summed E-state index contributed by atoms with van der Waals surface area (Å²) in [6.45, 7) is 0. The van der Waals surface area contributed by atoms with Crippen LogP contribution in [0.2, 0.25) is 15.2 Å². The molecule has 3 aromatic rings. The van der Waals surface area contributed by atoms with E-state index in [1.165, 1.54) is 19.3 Å². The molecule has 4 rings (SSSR count). The van der Waals surface area contributed by atoms with Gasteiger partial charge in [0.1, 0.15) is 5.15 Å². The summed E-state index contributed by atoms with van der Waals surface area (Å²) in [6, 6.07) is 7.96. The first-order chi connectivity index (χ1) is 13.1. The quantitative estimate of drug-likeness (QED) is 0.354. The van der Waals surface area contributed by atoms with Crippen LogP contribution in [0, 0.1) is 0 Å². The lowest BCUT2D eigenvalue weighted by Crippen LogP contribution is -2.15. The molecule has 0 saturated heterocycles. The Labute approximate surface area is 181 Å². The topological polar surface area (TPSA) is 30.7 Å². The van der Waals surface area contributed by atoms with Gasteiger partial charge in [-0.3, -0.25) is 4.68 Å². The molecule has 1 aliphatic carbocycles. The third-order valence-electron chi connectivity index (χ3n) is 5.02. The van der Waals surface area contributed by atoms with Crippen molar-refractivity contribution in [2.24, 2.45) is 0 Å². The van der Waals surface area contributed by atoms with Gasteiger partial charge < -0.3 is 0 Å². The molecule has 3 nitrogen and oxygen atoms in total. The van der Waals surface area contributed by atoms with Crippen LogP contribution in [0.1, 0.15) is 38.1 Å². The van der Waals surface area contributed by atoms with E-state index >= 15 is 0 Å². The summed E-state index contributed by atoms with van der Waals surface area (Å²) in [5.74, 6) is 0. The minimum Gasteiger partial charge on any atom is -0.261 e. The first-order valence-corrected chi connectivity index (χ1v) is 10.8. The van der Waals surface area contributed by atoms with Crippen LogP contribution in [0.25, 0.3) is 22.4 Å². The average molecular weight is 486 g/mol. The second kappa shape index (κ2) is 8.12. The molecule has 2 heterocycles. The van der Waals surface area contributed by atoms with Gasteiger partial charge in [-0.25, -0.2) is 4.98 Å². The van der Waals surface area contributed by atoms with E-state index < -0.39 is 0 Å². The van der Waals surface area contributed by atoms with Crippen molar-refractivity contribution in [3.8, 4) is 22.4 Å². The maximum Gasteiger partial charge on any atom is 0.138 e. The SMILES string of the molecule is Clc1cccc(-c2cnn(C3CCCCC3)c2-c2cc(Br)cnc2Cl)c1Cl. The summed E-state index contributed by atoms with van der Waals surface area (Å²) in [4.78, 5) is 4.31. The molecule has 0 spiro atoms. The van der Waals surface area contributed by atoms with E-state index in [4.69, 9.17) is 39.9 Å². The van der Waals surface area contributed by atoms with Crippen molar-refractivity contribution in [3.63, 3.8) is 0 Å². The van der Waals surface area contributed by atoms with Crippen molar-refractivity contribution in [1.29, 1.82) is 0 Å². The maximum atomic E-state index is 6.53. The molecule has 1 fully saturated rings. The fraction of sp³-hybridized carbons (Fsp3) is 0.300. The zero-order chi connectivity index (χ0) is 19.0. The zero-order valence-corrected chi connectivity index (χ0v) is 18.3. The molecule has 7 heteroatoms. The first kappa shape index (κ1) is 19.3. The summed E-state index contributed by atoms with van der Waals surface area (Å²) in [5, 5.41) is 6.22. The summed E-state index contributed by atoms with van der Waals surface area (Å²) in [6.07, 6.45) is 9.47. The van der Waals surface area contributed by atoms with Crippen molar-refractivity contribution >= 4 is 50.7 Å². The fourth-order valence-electron chi connectivity index (χ4n) is 3.73. The Kier molecular flexibility index (Phi) is 5.79. The van der Waals surface area contributed by atoms with E-state index in [1.807, 2.05) is 24.4 Å². The summed E-state index contributed by atoms with van der Waals surface area (Å²) < 4.78 is 2.96. The Morgan fingerprint density at radius 2 is 1.74 bits per heavy atom. The van der Waals surface area contributed by atoms with Gasteiger partial charge in [0.05, 0.1) is 28.0 Å².